The highest BCUT2D eigenvalue weighted by Gasteiger charge is 2.35. The van der Waals surface area contributed by atoms with Crippen LogP contribution in [0.3, 0.4) is 0 Å². The van der Waals surface area contributed by atoms with Gasteiger partial charge in [0.05, 0.1) is 35.1 Å². The second-order valence-electron chi connectivity index (χ2n) is 7.85. The molecular formula is C26H22N2O6S. The lowest BCUT2D eigenvalue weighted by atomic mass is 10.1. The van der Waals surface area contributed by atoms with Crippen LogP contribution >= 0.6 is 11.8 Å². The van der Waals surface area contributed by atoms with Crippen LogP contribution in [-0.4, -0.2) is 28.1 Å². The van der Waals surface area contributed by atoms with E-state index in [1.54, 1.807) is 0 Å². The molecule has 2 amide bonds. The Labute approximate surface area is 206 Å². The number of rotatable bonds is 8. The summed E-state index contributed by atoms with van der Waals surface area (Å²) in [6.45, 7) is 2.25. The lowest BCUT2D eigenvalue weighted by Gasteiger charge is -2.13. The molecule has 0 atom stereocenters. The number of carbonyl (C=O) groups is 2. The molecule has 0 aromatic heterocycles. The molecule has 1 fully saturated rings. The van der Waals surface area contributed by atoms with Crippen molar-refractivity contribution >= 4 is 34.7 Å². The van der Waals surface area contributed by atoms with Crippen LogP contribution in [0.2, 0.25) is 0 Å². The van der Waals surface area contributed by atoms with Crippen LogP contribution in [0.4, 0.5) is 10.5 Å². The van der Waals surface area contributed by atoms with E-state index in [1.165, 1.54) is 25.3 Å². The fourth-order valence-corrected chi connectivity index (χ4v) is 4.45. The summed E-state index contributed by atoms with van der Waals surface area (Å²) in [6.07, 6.45) is 1.35. The molecule has 0 unspecified atom stereocenters. The Morgan fingerprint density at radius 2 is 1.74 bits per heavy atom. The van der Waals surface area contributed by atoms with Crippen LogP contribution in [-0.2, 0) is 17.9 Å². The van der Waals surface area contributed by atoms with E-state index in [0.29, 0.717) is 0 Å². The van der Waals surface area contributed by atoms with Gasteiger partial charge in [-0.1, -0.05) is 60.2 Å². The summed E-state index contributed by atoms with van der Waals surface area (Å²) in [7, 11) is 1.43. The molecular weight excluding hydrogens is 468 g/mol. The monoisotopic (exact) mass is 490 g/mol. The van der Waals surface area contributed by atoms with Crippen molar-refractivity contribution in [1.82, 2.24) is 4.90 Å². The standard InChI is InChI=1S/C26H22N2O6S/c1-17-7-6-10-19(11-17)15-27-25(29)24(35-26(27)30)13-20-12-22(33-2)23(14-21(20)28(31)32)34-16-18-8-4-3-5-9-18/h3-14H,15-16H2,1-2H3/b24-13+. The number of methoxy groups -OCH3 is 1. The van der Waals surface area contributed by atoms with Gasteiger partial charge in [-0.15, -0.1) is 0 Å². The first-order chi connectivity index (χ1) is 16.9. The number of hydrogen-bond acceptors (Lipinski definition) is 7. The summed E-state index contributed by atoms with van der Waals surface area (Å²) < 4.78 is 11.2. The van der Waals surface area contributed by atoms with Crippen LogP contribution in [0.15, 0.2) is 71.6 Å². The molecule has 0 N–H and O–H groups in total. The average molecular weight is 491 g/mol. The number of nitrogens with zero attached hydrogens (tertiary/aromatic N) is 2. The second-order valence-corrected chi connectivity index (χ2v) is 8.84. The second kappa shape index (κ2) is 10.4. The first-order valence-electron chi connectivity index (χ1n) is 10.7. The van der Waals surface area contributed by atoms with E-state index in [2.05, 4.69) is 0 Å². The number of aryl methyl sites for hydroxylation is 1. The van der Waals surface area contributed by atoms with Crippen molar-refractivity contribution < 1.29 is 24.0 Å². The minimum Gasteiger partial charge on any atom is -0.493 e. The molecule has 9 heteroatoms. The van der Waals surface area contributed by atoms with Crippen molar-refractivity contribution in [3.63, 3.8) is 0 Å². The van der Waals surface area contributed by atoms with Crippen LogP contribution in [0, 0.1) is 17.0 Å². The first kappa shape index (κ1) is 24.0. The van der Waals surface area contributed by atoms with Gasteiger partial charge in [0.1, 0.15) is 6.61 Å². The zero-order valence-electron chi connectivity index (χ0n) is 19.1. The van der Waals surface area contributed by atoms with Gasteiger partial charge in [0.25, 0.3) is 16.8 Å². The number of nitro benzene ring substituents is 1. The molecule has 1 heterocycles. The maximum atomic E-state index is 13.0. The fraction of sp³-hybridized carbons (Fsp3) is 0.154. The number of hydrogen-bond donors (Lipinski definition) is 0. The predicted molar refractivity (Wildman–Crippen MR) is 133 cm³/mol. The normalized spacial score (nSPS) is 14.5. The van der Waals surface area contributed by atoms with E-state index in [-0.39, 0.29) is 40.8 Å². The quantitative estimate of drug-likeness (QED) is 0.226. The van der Waals surface area contributed by atoms with Crippen molar-refractivity contribution in [2.75, 3.05) is 7.11 Å². The van der Waals surface area contributed by atoms with E-state index in [4.69, 9.17) is 9.47 Å². The van der Waals surface area contributed by atoms with E-state index in [1.807, 2.05) is 61.5 Å². The van der Waals surface area contributed by atoms with E-state index in [0.717, 1.165) is 33.4 Å². The molecule has 1 aliphatic heterocycles. The van der Waals surface area contributed by atoms with Gasteiger partial charge < -0.3 is 9.47 Å². The van der Waals surface area contributed by atoms with Crippen LogP contribution in [0.25, 0.3) is 6.08 Å². The van der Waals surface area contributed by atoms with Gasteiger partial charge in [0, 0.05) is 0 Å². The Hall–Kier alpha value is -4.11. The SMILES string of the molecule is COc1cc(/C=C2/SC(=O)N(Cc3cccc(C)c3)C2=O)c([N+](=O)[O-])cc1OCc1ccccc1. The van der Waals surface area contributed by atoms with Crippen molar-refractivity contribution in [3.05, 3.63) is 104 Å². The van der Waals surface area contributed by atoms with Gasteiger partial charge in [0.15, 0.2) is 11.5 Å². The molecule has 8 nitrogen and oxygen atoms in total. The van der Waals surface area contributed by atoms with Gasteiger partial charge in [-0.2, -0.15) is 0 Å². The highest BCUT2D eigenvalue weighted by Crippen LogP contribution is 2.39. The molecule has 1 saturated heterocycles. The summed E-state index contributed by atoms with van der Waals surface area (Å²) >= 11 is 0.750. The van der Waals surface area contributed by atoms with Gasteiger partial charge in [-0.25, -0.2) is 0 Å². The highest BCUT2D eigenvalue weighted by molar-refractivity contribution is 8.18. The zero-order valence-corrected chi connectivity index (χ0v) is 19.9. The van der Waals surface area contributed by atoms with Crippen molar-refractivity contribution in [3.8, 4) is 11.5 Å². The number of nitro groups is 1. The van der Waals surface area contributed by atoms with Crippen LogP contribution in [0.1, 0.15) is 22.3 Å². The predicted octanol–water partition coefficient (Wildman–Crippen LogP) is 5.73. The van der Waals surface area contributed by atoms with Crippen LogP contribution in [0.5, 0.6) is 11.5 Å². The van der Waals surface area contributed by atoms with E-state index >= 15 is 0 Å². The van der Waals surface area contributed by atoms with Crippen molar-refractivity contribution in [2.24, 2.45) is 0 Å². The summed E-state index contributed by atoms with van der Waals surface area (Å²) in [6, 6.07) is 19.6. The Kier molecular flexibility index (Phi) is 7.17. The average Bonchev–Trinajstić information content (AvgIpc) is 3.10. The molecule has 0 aliphatic carbocycles. The van der Waals surface area contributed by atoms with Crippen molar-refractivity contribution in [2.45, 2.75) is 20.1 Å². The molecule has 0 radical (unpaired) electrons. The number of thioether (sulfide) groups is 1. The molecule has 0 saturated carbocycles. The number of carbonyl (C=O) groups excluding carboxylic acids is 2. The molecule has 4 rings (SSSR count). The van der Waals surface area contributed by atoms with E-state index in [9.17, 15) is 19.7 Å². The largest absolute Gasteiger partial charge is 0.493 e. The topological polar surface area (TPSA) is 99.0 Å². The van der Waals surface area contributed by atoms with Crippen molar-refractivity contribution in [1.29, 1.82) is 0 Å². The number of amides is 2. The summed E-state index contributed by atoms with van der Waals surface area (Å²) in [5.41, 5.74) is 2.60. The minimum absolute atomic E-state index is 0.103. The molecule has 1 aliphatic rings. The smallest absolute Gasteiger partial charge is 0.293 e. The maximum Gasteiger partial charge on any atom is 0.293 e. The van der Waals surface area contributed by atoms with Gasteiger partial charge in [-0.05, 0) is 42.0 Å². The summed E-state index contributed by atoms with van der Waals surface area (Å²) in [5.74, 6) is -0.0244. The molecule has 0 spiro atoms. The molecule has 0 bridgehead atoms. The summed E-state index contributed by atoms with van der Waals surface area (Å²) in [4.78, 5) is 38.0. The van der Waals surface area contributed by atoms with Gasteiger partial charge in [0.2, 0.25) is 0 Å². The summed E-state index contributed by atoms with van der Waals surface area (Å²) in [5, 5.41) is 11.4. The number of benzene rings is 3. The number of imide groups is 1. The van der Waals surface area contributed by atoms with Gasteiger partial charge in [-0.3, -0.25) is 24.6 Å². The lowest BCUT2D eigenvalue weighted by Crippen LogP contribution is -2.27. The Morgan fingerprint density at radius 3 is 2.43 bits per heavy atom. The third-order valence-electron chi connectivity index (χ3n) is 5.33. The van der Waals surface area contributed by atoms with Gasteiger partial charge >= 0.3 is 0 Å². The maximum absolute atomic E-state index is 13.0. The molecule has 3 aromatic rings. The molecule has 35 heavy (non-hydrogen) atoms. The first-order valence-corrected chi connectivity index (χ1v) is 11.5. The lowest BCUT2D eigenvalue weighted by molar-refractivity contribution is -0.385. The Bertz CT molecular complexity index is 1320. The Balaban J connectivity index is 1.62. The Morgan fingerprint density at radius 1 is 1.00 bits per heavy atom. The minimum atomic E-state index is -0.558. The number of ether oxygens (including phenoxy) is 2. The van der Waals surface area contributed by atoms with E-state index < -0.39 is 16.1 Å². The zero-order chi connectivity index (χ0) is 24.9. The highest BCUT2D eigenvalue weighted by atomic mass is 32.2. The third kappa shape index (κ3) is 5.52. The van der Waals surface area contributed by atoms with Crippen LogP contribution < -0.4 is 9.47 Å². The molecule has 3 aromatic carbocycles. The fourth-order valence-electron chi connectivity index (χ4n) is 3.62. The molecule has 178 valence electrons. The third-order valence-corrected chi connectivity index (χ3v) is 6.24.